The lowest BCUT2D eigenvalue weighted by molar-refractivity contribution is -0.120. The van der Waals surface area contributed by atoms with Crippen LogP contribution in [0.5, 0.6) is 5.75 Å². The van der Waals surface area contributed by atoms with Gasteiger partial charge in [0.05, 0.1) is 13.7 Å². The summed E-state index contributed by atoms with van der Waals surface area (Å²) >= 11 is 1.62. The van der Waals surface area contributed by atoms with E-state index in [9.17, 15) is 9.59 Å². The Kier molecular flexibility index (Phi) is 6.17. The summed E-state index contributed by atoms with van der Waals surface area (Å²) in [4.78, 5) is 28.4. The molecule has 0 aliphatic carbocycles. The highest BCUT2D eigenvalue weighted by Gasteiger charge is 2.09. The third-order valence-electron chi connectivity index (χ3n) is 3.88. The maximum atomic E-state index is 12.1. The summed E-state index contributed by atoms with van der Waals surface area (Å²) in [5, 5.41) is 9.44. The fraction of sp³-hybridized carbons (Fsp3) is 0.150. The molecule has 2 N–H and O–H groups in total. The van der Waals surface area contributed by atoms with E-state index in [4.69, 9.17) is 4.74 Å². The monoisotopic (exact) mass is 381 g/mol. The van der Waals surface area contributed by atoms with Gasteiger partial charge in [0.15, 0.2) is 0 Å². The number of nitrogens with one attached hydrogen (secondary N) is 2. The number of pyridine rings is 1. The summed E-state index contributed by atoms with van der Waals surface area (Å²) in [6, 6.07) is 10.8. The average Bonchev–Trinajstić information content (AvgIpc) is 3.25. The van der Waals surface area contributed by atoms with E-state index in [1.165, 1.54) is 7.11 Å². The molecule has 0 fully saturated rings. The van der Waals surface area contributed by atoms with E-state index in [1.54, 1.807) is 48.0 Å². The normalized spacial score (nSPS) is 10.3. The quantitative estimate of drug-likeness (QED) is 0.659. The van der Waals surface area contributed by atoms with Gasteiger partial charge in [-0.05, 0) is 52.2 Å². The number of nitrogens with zero attached hydrogens (tertiary/aromatic N) is 1. The Morgan fingerprint density at radius 2 is 2.00 bits per heavy atom. The Balaban J connectivity index is 1.50. The van der Waals surface area contributed by atoms with Crippen molar-refractivity contribution in [2.75, 3.05) is 13.7 Å². The number of carbonyl (C=O) groups is 2. The third-order valence-corrected chi connectivity index (χ3v) is 4.56. The van der Waals surface area contributed by atoms with Crippen LogP contribution >= 0.6 is 11.3 Å². The second-order valence-electron chi connectivity index (χ2n) is 5.79. The minimum absolute atomic E-state index is 0.103. The van der Waals surface area contributed by atoms with Gasteiger partial charge in [-0.15, -0.1) is 0 Å². The maximum Gasteiger partial charge on any atom is 0.251 e. The van der Waals surface area contributed by atoms with Crippen LogP contribution in [0.4, 0.5) is 0 Å². The van der Waals surface area contributed by atoms with Crippen LogP contribution in [0, 0.1) is 0 Å². The summed E-state index contributed by atoms with van der Waals surface area (Å²) in [7, 11) is 1.53. The van der Waals surface area contributed by atoms with Crippen LogP contribution in [0.3, 0.4) is 0 Å². The number of benzene rings is 1. The van der Waals surface area contributed by atoms with Crippen LogP contribution in [0.15, 0.2) is 59.6 Å². The number of aromatic nitrogens is 1. The van der Waals surface area contributed by atoms with Gasteiger partial charge in [-0.3, -0.25) is 14.6 Å². The van der Waals surface area contributed by atoms with Crippen molar-refractivity contribution >= 4 is 23.2 Å². The zero-order valence-corrected chi connectivity index (χ0v) is 15.6. The molecule has 0 aliphatic rings. The SMILES string of the molecule is COc1cccc(C(=O)NCC(=O)NCc2cncc(-c3ccsc3)c2)c1. The number of hydrogen-bond acceptors (Lipinski definition) is 5. The molecule has 0 radical (unpaired) electrons. The van der Waals surface area contributed by atoms with Crippen molar-refractivity contribution in [1.82, 2.24) is 15.6 Å². The molecule has 0 atom stereocenters. The van der Waals surface area contributed by atoms with Crippen LogP contribution in [0.2, 0.25) is 0 Å². The van der Waals surface area contributed by atoms with Gasteiger partial charge in [-0.2, -0.15) is 11.3 Å². The first-order chi connectivity index (χ1) is 13.2. The standard InChI is InChI=1S/C20H19N3O3S/c1-26-18-4-2-3-15(8-18)20(25)23-12-19(24)22-10-14-7-17(11-21-9-14)16-5-6-27-13-16/h2-9,11,13H,10,12H2,1H3,(H,22,24)(H,23,25). The number of thiophene rings is 1. The maximum absolute atomic E-state index is 12.1. The molecule has 1 aromatic carbocycles. The lowest BCUT2D eigenvalue weighted by Gasteiger charge is -2.08. The molecule has 6 nitrogen and oxygen atoms in total. The molecule has 2 aromatic heterocycles. The number of rotatable bonds is 7. The average molecular weight is 381 g/mol. The largest absolute Gasteiger partial charge is 0.497 e. The van der Waals surface area contributed by atoms with Gasteiger partial charge in [0.2, 0.25) is 5.91 Å². The molecular formula is C20H19N3O3S. The fourth-order valence-corrected chi connectivity index (χ4v) is 3.13. The Morgan fingerprint density at radius 3 is 2.78 bits per heavy atom. The molecule has 27 heavy (non-hydrogen) atoms. The Labute approximate surface area is 161 Å². The van der Waals surface area contributed by atoms with Crippen molar-refractivity contribution in [2.45, 2.75) is 6.54 Å². The van der Waals surface area contributed by atoms with Gasteiger partial charge in [0.25, 0.3) is 5.91 Å². The number of methoxy groups -OCH3 is 1. The molecule has 3 aromatic rings. The van der Waals surface area contributed by atoms with Crippen LogP contribution in [0.1, 0.15) is 15.9 Å². The highest BCUT2D eigenvalue weighted by atomic mass is 32.1. The van der Waals surface area contributed by atoms with Crippen molar-refractivity contribution in [2.24, 2.45) is 0 Å². The molecule has 0 unspecified atom stereocenters. The van der Waals surface area contributed by atoms with E-state index < -0.39 is 0 Å². The van der Waals surface area contributed by atoms with E-state index >= 15 is 0 Å². The highest BCUT2D eigenvalue weighted by molar-refractivity contribution is 7.08. The first kappa shape index (κ1) is 18.6. The molecule has 0 bridgehead atoms. The second-order valence-corrected chi connectivity index (χ2v) is 6.57. The highest BCUT2D eigenvalue weighted by Crippen LogP contribution is 2.21. The van der Waals surface area contributed by atoms with Gasteiger partial charge in [0.1, 0.15) is 5.75 Å². The minimum atomic E-state index is -0.329. The van der Waals surface area contributed by atoms with Crippen molar-refractivity contribution in [3.63, 3.8) is 0 Å². The Bertz CT molecular complexity index is 926. The Hall–Kier alpha value is -3.19. The molecule has 0 saturated carbocycles. The van der Waals surface area contributed by atoms with Crippen molar-refractivity contribution < 1.29 is 14.3 Å². The number of carbonyl (C=O) groups excluding carboxylic acids is 2. The van der Waals surface area contributed by atoms with E-state index in [-0.39, 0.29) is 18.4 Å². The second kappa shape index (κ2) is 8.95. The molecule has 2 heterocycles. The molecular weight excluding hydrogens is 362 g/mol. The van der Waals surface area contributed by atoms with Crippen molar-refractivity contribution in [1.29, 1.82) is 0 Å². The van der Waals surface area contributed by atoms with E-state index in [0.717, 1.165) is 16.7 Å². The molecule has 7 heteroatoms. The number of ether oxygens (including phenoxy) is 1. The first-order valence-corrected chi connectivity index (χ1v) is 9.25. The van der Waals surface area contributed by atoms with Crippen molar-refractivity contribution in [3.05, 3.63) is 70.7 Å². The zero-order valence-electron chi connectivity index (χ0n) is 14.8. The fourth-order valence-electron chi connectivity index (χ4n) is 2.46. The third kappa shape index (κ3) is 5.15. The Morgan fingerprint density at radius 1 is 1.11 bits per heavy atom. The van der Waals surface area contributed by atoms with Crippen molar-refractivity contribution in [3.8, 4) is 16.9 Å². The zero-order chi connectivity index (χ0) is 19.1. The van der Waals surface area contributed by atoms with Gasteiger partial charge < -0.3 is 15.4 Å². The molecule has 2 amide bonds. The summed E-state index contributed by atoms with van der Waals surface area (Å²) in [5.74, 6) is -0.0116. The topological polar surface area (TPSA) is 80.3 Å². The molecule has 0 spiro atoms. The minimum Gasteiger partial charge on any atom is -0.497 e. The number of amides is 2. The van der Waals surface area contributed by atoms with E-state index in [2.05, 4.69) is 15.6 Å². The van der Waals surface area contributed by atoms with Gasteiger partial charge in [-0.1, -0.05) is 6.07 Å². The van der Waals surface area contributed by atoms with Crippen LogP contribution in [-0.2, 0) is 11.3 Å². The van der Waals surface area contributed by atoms with Crippen LogP contribution < -0.4 is 15.4 Å². The van der Waals surface area contributed by atoms with Gasteiger partial charge in [0, 0.05) is 30.1 Å². The van der Waals surface area contributed by atoms with Crippen LogP contribution in [0.25, 0.3) is 11.1 Å². The van der Waals surface area contributed by atoms with E-state index in [1.807, 2.05) is 22.9 Å². The molecule has 138 valence electrons. The summed E-state index contributed by atoms with van der Waals surface area (Å²) in [6.07, 6.45) is 3.51. The van der Waals surface area contributed by atoms with Crippen LogP contribution in [-0.4, -0.2) is 30.5 Å². The first-order valence-electron chi connectivity index (χ1n) is 8.31. The lowest BCUT2D eigenvalue weighted by Crippen LogP contribution is -2.36. The predicted octanol–water partition coefficient (Wildman–Crippen LogP) is 2.86. The molecule has 3 rings (SSSR count). The van der Waals surface area contributed by atoms with Gasteiger partial charge >= 0.3 is 0 Å². The lowest BCUT2D eigenvalue weighted by atomic mass is 10.1. The molecule has 0 aliphatic heterocycles. The predicted molar refractivity (Wildman–Crippen MR) is 105 cm³/mol. The summed E-state index contributed by atoms with van der Waals surface area (Å²) in [5.41, 5.74) is 3.45. The van der Waals surface area contributed by atoms with E-state index in [0.29, 0.717) is 17.9 Å². The summed E-state index contributed by atoms with van der Waals surface area (Å²) < 4.78 is 5.09. The summed E-state index contributed by atoms with van der Waals surface area (Å²) in [6.45, 7) is 0.243. The number of hydrogen-bond donors (Lipinski definition) is 2. The van der Waals surface area contributed by atoms with Gasteiger partial charge in [-0.25, -0.2) is 0 Å². The smallest absolute Gasteiger partial charge is 0.251 e. The molecule has 0 saturated heterocycles.